The number of hydrogen-bond donors (Lipinski definition) is 0. The van der Waals surface area contributed by atoms with Gasteiger partial charge >= 0.3 is 0 Å². The summed E-state index contributed by atoms with van der Waals surface area (Å²) in [5.74, 6) is 0.883. The third kappa shape index (κ3) is 3.75. The maximum atomic E-state index is 5.15. The third-order valence-electron chi connectivity index (χ3n) is 4.20. The van der Waals surface area contributed by atoms with Crippen LogP contribution in [0.4, 0.5) is 0 Å². The molecule has 1 saturated heterocycles. The summed E-state index contributed by atoms with van der Waals surface area (Å²) in [6.07, 6.45) is 0. The maximum Gasteiger partial charge on any atom is 0.133 e. The van der Waals surface area contributed by atoms with Crippen LogP contribution in [0.3, 0.4) is 0 Å². The van der Waals surface area contributed by atoms with Crippen LogP contribution in [-0.4, -0.2) is 46.1 Å². The first-order valence-corrected chi connectivity index (χ1v) is 9.87. The van der Waals surface area contributed by atoms with Gasteiger partial charge in [-0.3, -0.25) is 9.80 Å². The molecule has 1 aliphatic rings. The maximum absolute atomic E-state index is 5.15. The van der Waals surface area contributed by atoms with Gasteiger partial charge in [-0.25, -0.2) is 4.98 Å². The van der Waals surface area contributed by atoms with Crippen LogP contribution in [0.1, 0.15) is 17.1 Å². The average Bonchev–Trinajstić information content (AvgIpc) is 3.31. The van der Waals surface area contributed by atoms with Crippen LogP contribution in [0, 0.1) is 6.92 Å². The number of piperazine rings is 1. The van der Waals surface area contributed by atoms with Gasteiger partial charge < -0.3 is 4.52 Å². The van der Waals surface area contributed by atoms with Gasteiger partial charge in [-0.1, -0.05) is 11.2 Å². The van der Waals surface area contributed by atoms with Crippen molar-refractivity contribution in [1.29, 1.82) is 0 Å². The summed E-state index contributed by atoms with van der Waals surface area (Å²) in [5.41, 5.74) is 2.21. The molecule has 3 aromatic rings. The number of rotatable bonds is 5. The van der Waals surface area contributed by atoms with Crippen LogP contribution < -0.4 is 0 Å². The van der Waals surface area contributed by atoms with E-state index in [-0.39, 0.29) is 0 Å². The number of thiophene rings is 1. The summed E-state index contributed by atoms with van der Waals surface area (Å²) < 4.78 is 5.15. The summed E-state index contributed by atoms with van der Waals surface area (Å²) in [6.45, 7) is 8.03. The summed E-state index contributed by atoms with van der Waals surface area (Å²) in [6, 6.07) is 6.24. The van der Waals surface area contributed by atoms with E-state index in [1.165, 1.54) is 10.6 Å². The fourth-order valence-corrected chi connectivity index (χ4v) is 4.57. The van der Waals surface area contributed by atoms with Crippen LogP contribution in [-0.2, 0) is 13.1 Å². The molecule has 7 heteroatoms. The van der Waals surface area contributed by atoms with E-state index in [4.69, 9.17) is 9.51 Å². The molecule has 0 unspecified atom stereocenters. The average molecular weight is 361 g/mol. The predicted molar refractivity (Wildman–Crippen MR) is 97.2 cm³/mol. The van der Waals surface area contributed by atoms with Crippen LogP contribution in [0.15, 0.2) is 33.5 Å². The van der Waals surface area contributed by atoms with Gasteiger partial charge in [0.2, 0.25) is 0 Å². The van der Waals surface area contributed by atoms with Crippen molar-refractivity contribution >= 4 is 22.7 Å². The number of hydrogen-bond acceptors (Lipinski definition) is 7. The van der Waals surface area contributed by atoms with Gasteiger partial charge in [0.25, 0.3) is 0 Å². The molecule has 24 heavy (non-hydrogen) atoms. The Morgan fingerprint density at radius 3 is 2.46 bits per heavy atom. The number of aryl methyl sites for hydroxylation is 1. The molecule has 0 aliphatic carbocycles. The second-order valence-corrected chi connectivity index (χ2v) is 7.91. The molecule has 0 spiro atoms. The Balaban J connectivity index is 1.29. The molecule has 5 nitrogen and oxygen atoms in total. The first-order chi connectivity index (χ1) is 11.8. The SMILES string of the molecule is Cc1cc(CN2CCN(Cc3csc(-c4cccs4)n3)CC2)no1. The molecule has 126 valence electrons. The van der Waals surface area contributed by atoms with Gasteiger partial charge in [0.15, 0.2) is 0 Å². The molecule has 0 radical (unpaired) electrons. The van der Waals surface area contributed by atoms with Crippen molar-refractivity contribution in [2.24, 2.45) is 0 Å². The highest BCUT2D eigenvalue weighted by molar-refractivity contribution is 7.20. The van der Waals surface area contributed by atoms with Gasteiger partial charge in [-0.2, -0.15) is 0 Å². The van der Waals surface area contributed by atoms with Crippen molar-refractivity contribution in [3.05, 3.63) is 46.1 Å². The smallest absolute Gasteiger partial charge is 0.133 e. The number of aromatic nitrogens is 2. The number of nitrogens with zero attached hydrogens (tertiary/aromatic N) is 4. The molecule has 1 fully saturated rings. The normalized spacial score (nSPS) is 16.7. The second kappa shape index (κ2) is 7.14. The minimum absolute atomic E-state index is 0.879. The van der Waals surface area contributed by atoms with Crippen molar-refractivity contribution < 1.29 is 4.52 Å². The Morgan fingerprint density at radius 2 is 1.83 bits per heavy atom. The van der Waals surface area contributed by atoms with E-state index in [9.17, 15) is 0 Å². The second-order valence-electron chi connectivity index (χ2n) is 6.10. The van der Waals surface area contributed by atoms with Gasteiger partial charge in [0, 0.05) is 50.7 Å². The van der Waals surface area contributed by atoms with E-state index in [0.29, 0.717) is 0 Å². The minimum atomic E-state index is 0.879. The zero-order valence-electron chi connectivity index (χ0n) is 13.6. The van der Waals surface area contributed by atoms with Crippen LogP contribution in [0.25, 0.3) is 9.88 Å². The summed E-state index contributed by atoms with van der Waals surface area (Å²) >= 11 is 3.50. The highest BCUT2D eigenvalue weighted by Gasteiger charge is 2.19. The Kier molecular flexibility index (Phi) is 4.75. The molecule has 4 heterocycles. The Labute approximate surface area is 149 Å². The lowest BCUT2D eigenvalue weighted by Crippen LogP contribution is -2.45. The fourth-order valence-electron chi connectivity index (χ4n) is 2.95. The monoisotopic (exact) mass is 360 g/mol. The molecule has 3 aromatic heterocycles. The van der Waals surface area contributed by atoms with Crippen molar-refractivity contribution in [2.75, 3.05) is 26.2 Å². The van der Waals surface area contributed by atoms with Crippen molar-refractivity contribution in [3.63, 3.8) is 0 Å². The van der Waals surface area contributed by atoms with Gasteiger partial charge in [-0.15, -0.1) is 22.7 Å². The van der Waals surface area contributed by atoms with Crippen LogP contribution >= 0.6 is 22.7 Å². The van der Waals surface area contributed by atoms with E-state index >= 15 is 0 Å². The minimum Gasteiger partial charge on any atom is -0.361 e. The predicted octanol–water partition coefficient (Wildman–Crippen LogP) is 3.49. The lowest BCUT2D eigenvalue weighted by molar-refractivity contribution is 0.119. The zero-order chi connectivity index (χ0) is 16.4. The molecule has 1 aliphatic heterocycles. The molecular formula is C17H20N4OS2. The quantitative estimate of drug-likeness (QED) is 0.697. The molecule has 0 atom stereocenters. The van der Waals surface area contributed by atoms with Crippen molar-refractivity contribution in [2.45, 2.75) is 20.0 Å². The number of thiazole rings is 1. The molecule has 0 amide bonds. The molecule has 0 N–H and O–H groups in total. The summed E-state index contributed by atoms with van der Waals surface area (Å²) in [5, 5.41) is 9.52. The van der Waals surface area contributed by atoms with Gasteiger partial charge in [-0.05, 0) is 18.4 Å². The molecule has 0 aromatic carbocycles. The largest absolute Gasteiger partial charge is 0.361 e. The van der Waals surface area contributed by atoms with Gasteiger partial charge in [0.05, 0.1) is 16.3 Å². The van der Waals surface area contributed by atoms with E-state index in [1.54, 1.807) is 22.7 Å². The molecule has 4 rings (SSSR count). The van der Waals surface area contributed by atoms with Crippen molar-refractivity contribution in [3.8, 4) is 9.88 Å². The summed E-state index contributed by atoms with van der Waals surface area (Å²) in [7, 11) is 0. The summed E-state index contributed by atoms with van der Waals surface area (Å²) in [4.78, 5) is 11.0. The van der Waals surface area contributed by atoms with Crippen molar-refractivity contribution in [1.82, 2.24) is 19.9 Å². The third-order valence-corrected chi connectivity index (χ3v) is 6.13. The molecular weight excluding hydrogens is 340 g/mol. The van der Waals surface area contributed by atoms with E-state index < -0.39 is 0 Å². The highest BCUT2D eigenvalue weighted by atomic mass is 32.1. The Bertz CT molecular complexity index is 772. The zero-order valence-corrected chi connectivity index (χ0v) is 15.3. The van der Waals surface area contributed by atoms with Crippen LogP contribution in [0.5, 0.6) is 0 Å². The lowest BCUT2D eigenvalue weighted by Gasteiger charge is -2.33. The fraction of sp³-hybridized carbons (Fsp3) is 0.412. The van der Waals surface area contributed by atoms with E-state index in [1.807, 2.05) is 13.0 Å². The molecule has 0 bridgehead atoms. The molecule has 0 saturated carbocycles. The topological polar surface area (TPSA) is 45.4 Å². The first-order valence-electron chi connectivity index (χ1n) is 8.11. The lowest BCUT2D eigenvalue weighted by atomic mass is 10.2. The standard InChI is InChI=1S/C17H20N4OS2/c1-13-9-14(19-22-13)10-20-4-6-21(7-5-20)11-15-12-24-17(18-15)16-3-2-8-23-16/h2-3,8-9,12H,4-7,10-11H2,1H3. The van der Waals surface area contributed by atoms with Crippen LogP contribution in [0.2, 0.25) is 0 Å². The van der Waals surface area contributed by atoms with E-state index in [0.717, 1.165) is 55.7 Å². The van der Waals surface area contributed by atoms with E-state index in [2.05, 4.69) is 37.8 Å². The Hall–Kier alpha value is -1.54. The van der Waals surface area contributed by atoms with Gasteiger partial charge in [0.1, 0.15) is 10.8 Å². The highest BCUT2D eigenvalue weighted by Crippen LogP contribution is 2.28. The first kappa shape index (κ1) is 16.0. The Morgan fingerprint density at radius 1 is 1.08 bits per heavy atom.